The normalized spacial score (nSPS) is 13.0. The van der Waals surface area contributed by atoms with Crippen LogP contribution in [-0.2, 0) is 19.6 Å². The van der Waals surface area contributed by atoms with Crippen LogP contribution in [0.15, 0.2) is 16.3 Å². The zero-order valence-electron chi connectivity index (χ0n) is 9.54. The Kier molecular flexibility index (Phi) is 4.43. The highest BCUT2D eigenvalue weighted by atomic mass is 32.2. The van der Waals surface area contributed by atoms with Crippen molar-refractivity contribution in [3.05, 3.63) is 16.3 Å². The number of carboxylic acid groups (broad SMARTS) is 1. The fourth-order valence-electron chi connectivity index (χ4n) is 1.10. The van der Waals surface area contributed by atoms with E-state index >= 15 is 0 Å². The molecular formula is C9H11NO6S2. The van der Waals surface area contributed by atoms with Gasteiger partial charge in [-0.15, -0.1) is 11.3 Å². The van der Waals surface area contributed by atoms with Crippen molar-refractivity contribution < 1.29 is 27.9 Å². The molecule has 0 aromatic carbocycles. The first-order valence-corrected chi connectivity index (χ1v) is 7.07. The van der Waals surface area contributed by atoms with E-state index in [-0.39, 0.29) is 9.77 Å². The molecule has 100 valence electrons. The number of methoxy groups -OCH3 is 1. The summed E-state index contributed by atoms with van der Waals surface area (Å²) in [5.41, 5.74) is 0. The van der Waals surface area contributed by atoms with Gasteiger partial charge in [-0.1, -0.05) is 0 Å². The summed E-state index contributed by atoms with van der Waals surface area (Å²) in [7, 11) is -2.94. The summed E-state index contributed by atoms with van der Waals surface area (Å²) in [6.45, 7) is 1.18. The molecule has 0 saturated carbocycles. The molecule has 1 aromatic rings. The molecule has 0 aliphatic carbocycles. The first-order valence-electron chi connectivity index (χ1n) is 4.70. The zero-order valence-corrected chi connectivity index (χ0v) is 11.2. The molecule has 7 nitrogen and oxygen atoms in total. The summed E-state index contributed by atoms with van der Waals surface area (Å²) in [6.07, 6.45) is 0. The lowest BCUT2D eigenvalue weighted by Crippen LogP contribution is -2.38. The van der Waals surface area contributed by atoms with Gasteiger partial charge in [0.1, 0.15) is 15.8 Å². The van der Waals surface area contributed by atoms with Crippen molar-refractivity contribution in [1.82, 2.24) is 4.72 Å². The standard InChI is InChI=1S/C9H11NO6S2/c1-5(8(11)12)10-18(14,15)6-3-4-17-7(6)9(13)16-2/h3-5,10H,1-2H3,(H,11,12). The quantitative estimate of drug-likeness (QED) is 0.755. The van der Waals surface area contributed by atoms with Crippen LogP contribution in [0.25, 0.3) is 0 Å². The maximum atomic E-state index is 11.9. The number of hydrogen-bond donors (Lipinski definition) is 2. The molecule has 1 rings (SSSR count). The van der Waals surface area contributed by atoms with Crippen molar-refractivity contribution in [1.29, 1.82) is 0 Å². The molecular weight excluding hydrogens is 282 g/mol. The Morgan fingerprint density at radius 3 is 2.61 bits per heavy atom. The van der Waals surface area contributed by atoms with Gasteiger partial charge < -0.3 is 9.84 Å². The second kappa shape index (κ2) is 5.46. The van der Waals surface area contributed by atoms with Gasteiger partial charge in [0.25, 0.3) is 0 Å². The third-order valence-corrected chi connectivity index (χ3v) is 4.60. The van der Waals surface area contributed by atoms with Gasteiger partial charge >= 0.3 is 11.9 Å². The number of rotatable bonds is 5. The molecule has 1 unspecified atom stereocenters. The van der Waals surface area contributed by atoms with Crippen LogP contribution in [0.4, 0.5) is 0 Å². The minimum absolute atomic E-state index is 0.0948. The number of carbonyl (C=O) groups is 2. The highest BCUT2D eigenvalue weighted by Crippen LogP contribution is 2.22. The van der Waals surface area contributed by atoms with Crippen LogP contribution < -0.4 is 4.72 Å². The number of ether oxygens (including phenoxy) is 1. The number of hydrogen-bond acceptors (Lipinski definition) is 6. The number of aliphatic carboxylic acids is 1. The van der Waals surface area contributed by atoms with E-state index in [0.717, 1.165) is 18.4 Å². The SMILES string of the molecule is COC(=O)c1sccc1S(=O)(=O)NC(C)C(=O)O. The lowest BCUT2D eigenvalue weighted by atomic mass is 10.4. The van der Waals surface area contributed by atoms with Crippen molar-refractivity contribution in [2.24, 2.45) is 0 Å². The molecule has 0 aliphatic heterocycles. The zero-order chi connectivity index (χ0) is 13.9. The third kappa shape index (κ3) is 3.06. The summed E-state index contributed by atoms with van der Waals surface area (Å²) < 4.78 is 30.1. The molecule has 0 amide bonds. The summed E-state index contributed by atoms with van der Waals surface area (Å²) in [6, 6.07) is -0.0752. The molecule has 0 radical (unpaired) electrons. The van der Waals surface area contributed by atoms with Crippen molar-refractivity contribution in [2.75, 3.05) is 7.11 Å². The fourth-order valence-corrected chi connectivity index (χ4v) is 3.63. The van der Waals surface area contributed by atoms with E-state index in [4.69, 9.17) is 5.11 Å². The third-order valence-electron chi connectivity index (χ3n) is 1.99. The van der Waals surface area contributed by atoms with Gasteiger partial charge in [-0.2, -0.15) is 4.72 Å². The Labute approximate surface area is 107 Å². The van der Waals surface area contributed by atoms with Crippen LogP contribution in [0.3, 0.4) is 0 Å². The maximum Gasteiger partial charge on any atom is 0.349 e. The Balaban J connectivity index is 3.10. The lowest BCUT2D eigenvalue weighted by Gasteiger charge is -2.10. The minimum atomic E-state index is -4.07. The van der Waals surface area contributed by atoms with Crippen LogP contribution in [0.2, 0.25) is 0 Å². The molecule has 0 saturated heterocycles. The monoisotopic (exact) mass is 293 g/mol. The van der Waals surface area contributed by atoms with Gasteiger partial charge in [0.2, 0.25) is 10.0 Å². The van der Waals surface area contributed by atoms with Crippen LogP contribution >= 0.6 is 11.3 Å². The molecule has 2 N–H and O–H groups in total. The second-order valence-corrected chi connectivity index (χ2v) is 5.89. The van der Waals surface area contributed by atoms with Crippen molar-refractivity contribution in [3.63, 3.8) is 0 Å². The topological polar surface area (TPSA) is 110 Å². The van der Waals surface area contributed by atoms with Crippen LogP contribution in [0, 0.1) is 0 Å². The molecule has 0 spiro atoms. The Bertz CT molecular complexity index is 561. The molecule has 0 fully saturated rings. The number of sulfonamides is 1. The van der Waals surface area contributed by atoms with Gasteiger partial charge in [-0.3, -0.25) is 4.79 Å². The summed E-state index contributed by atoms with van der Waals surface area (Å²) in [4.78, 5) is 21.6. The van der Waals surface area contributed by atoms with E-state index in [9.17, 15) is 18.0 Å². The Hall–Kier alpha value is -1.45. The fraction of sp³-hybridized carbons (Fsp3) is 0.333. The average Bonchev–Trinajstić information content (AvgIpc) is 2.76. The molecule has 9 heteroatoms. The smallest absolute Gasteiger partial charge is 0.349 e. The lowest BCUT2D eigenvalue weighted by molar-refractivity contribution is -0.138. The predicted octanol–water partition coefficient (Wildman–Crippen LogP) is 0.286. The summed E-state index contributed by atoms with van der Waals surface area (Å²) >= 11 is 0.903. The Morgan fingerprint density at radius 2 is 2.11 bits per heavy atom. The number of carbonyl (C=O) groups excluding carboxylic acids is 1. The second-order valence-electron chi connectivity index (χ2n) is 3.29. The van der Waals surface area contributed by atoms with Crippen molar-refractivity contribution >= 4 is 33.3 Å². The largest absolute Gasteiger partial charge is 0.480 e. The van der Waals surface area contributed by atoms with E-state index in [1.54, 1.807) is 0 Å². The highest BCUT2D eigenvalue weighted by Gasteiger charge is 2.27. The molecule has 0 aliphatic rings. The summed E-state index contributed by atoms with van der Waals surface area (Å²) in [5.74, 6) is -2.10. The van der Waals surface area contributed by atoms with E-state index in [0.29, 0.717) is 0 Å². The molecule has 1 heterocycles. The van der Waals surface area contributed by atoms with Crippen LogP contribution in [0.5, 0.6) is 0 Å². The molecule has 1 atom stereocenters. The van der Waals surface area contributed by atoms with E-state index in [1.807, 2.05) is 4.72 Å². The summed E-state index contributed by atoms with van der Waals surface area (Å²) in [5, 5.41) is 10.1. The number of carboxylic acids is 1. The van der Waals surface area contributed by atoms with Crippen molar-refractivity contribution in [2.45, 2.75) is 17.9 Å². The molecule has 0 bridgehead atoms. The first kappa shape index (κ1) is 14.6. The molecule has 1 aromatic heterocycles. The molecule has 18 heavy (non-hydrogen) atoms. The van der Waals surface area contributed by atoms with E-state index in [1.165, 1.54) is 18.4 Å². The van der Waals surface area contributed by atoms with Crippen LogP contribution in [0.1, 0.15) is 16.6 Å². The minimum Gasteiger partial charge on any atom is -0.480 e. The van der Waals surface area contributed by atoms with Gasteiger partial charge in [0.05, 0.1) is 7.11 Å². The van der Waals surface area contributed by atoms with E-state index in [2.05, 4.69) is 4.74 Å². The Morgan fingerprint density at radius 1 is 1.50 bits per heavy atom. The predicted molar refractivity (Wildman–Crippen MR) is 63.1 cm³/mol. The maximum absolute atomic E-state index is 11.9. The number of nitrogens with one attached hydrogen (secondary N) is 1. The van der Waals surface area contributed by atoms with Gasteiger partial charge in [0.15, 0.2) is 0 Å². The van der Waals surface area contributed by atoms with Gasteiger partial charge in [0, 0.05) is 0 Å². The number of esters is 1. The van der Waals surface area contributed by atoms with Gasteiger partial charge in [-0.05, 0) is 18.4 Å². The van der Waals surface area contributed by atoms with Crippen molar-refractivity contribution in [3.8, 4) is 0 Å². The average molecular weight is 293 g/mol. The van der Waals surface area contributed by atoms with E-state index < -0.39 is 28.0 Å². The highest BCUT2D eigenvalue weighted by molar-refractivity contribution is 7.89. The first-order chi connectivity index (χ1) is 8.29. The van der Waals surface area contributed by atoms with Gasteiger partial charge in [-0.25, -0.2) is 13.2 Å². The van der Waals surface area contributed by atoms with Crippen LogP contribution in [-0.4, -0.2) is 38.6 Å². The number of thiophene rings is 1.